The second kappa shape index (κ2) is 5.71. The van der Waals surface area contributed by atoms with Crippen LogP contribution in [0.4, 0.5) is 5.69 Å². The van der Waals surface area contributed by atoms with Gasteiger partial charge in [0, 0.05) is 18.4 Å². The van der Waals surface area contributed by atoms with E-state index in [1.165, 1.54) is 4.90 Å². The van der Waals surface area contributed by atoms with Crippen LogP contribution in [0.25, 0.3) is 0 Å². The number of benzene rings is 1. The Balaban J connectivity index is 2.46. The third-order valence-corrected chi connectivity index (χ3v) is 3.45. The number of imide groups is 1. The average molecular weight is 285 g/mol. The molecular formula is C17H19NO3. The predicted octanol–water partition coefficient (Wildman–Crippen LogP) is 2.02. The fourth-order valence-corrected chi connectivity index (χ4v) is 2.53. The minimum absolute atomic E-state index is 0.202. The van der Waals surface area contributed by atoms with Crippen LogP contribution in [0.15, 0.2) is 18.2 Å². The lowest BCUT2D eigenvalue weighted by atomic mass is 9.81. The van der Waals surface area contributed by atoms with Gasteiger partial charge in [-0.05, 0) is 30.0 Å². The summed E-state index contributed by atoms with van der Waals surface area (Å²) in [5.74, 6) is 4.99. The SMILES string of the molecule is Cc1ccc(N2C(=O)CC(C)(C)CC2=O)c(C#CCO)c1. The highest BCUT2D eigenvalue weighted by Gasteiger charge is 2.38. The molecule has 2 rings (SSSR count). The van der Waals surface area contributed by atoms with Crippen molar-refractivity contribution in [3.63, 3.8) is 0 Å². The molecule has 0 aliphatic carbocycles. The summed E-state index contributed by atoms with van der Waals surface area (Å²) in [6, 6.07) is 5.41. The first-order valence-corrected chi connectivity index (χ1v) is 6.90. The maximum atomic E-state index is 12.3. The average Bonchev–Trinajstić information content (AvgIpc) is 2.36. The Morgan fingerprint density at radius 1 is 1.24 bits per heavy atom. The van der Waals surface area contributed by atoms with Gasteiger partial charge in [0.25, 0.3) is 0 Å². The monoisotopic (exact) mass is 285 g/mol. The molecule has 0 atom stereocenters. The molecule has 21 heavy (non-hydrogen) atoms. The van der Waals surface area contributed by atoms with Gasteiger partial charge in [-0.2, -0.15) is 0 Å². The maximum absolute atomic E-state index is 12.3. The van der Waals surface area contributed by atoms with Crippen molar-refractivity contribution in [3.8, 4) is 11.8 Å². The number of hydrogen-bond acceptors (Lipinski definition) is 3. The highest BCUT2D eigenvalue weighted by molar-refractivity contribution is 6.17. The summed E-state index contributed by atoms with van der Waals surface area (Å²) in [7, 11) is 0. The molecule has 0 aromatic heterocycles. The van der Waals surface area contributed by atoms with Gasteiger partial charge in [-0.25, -0.2) is 4.90 Å². The normalized spacial score (nSPS) is 17.4. The van der Waals surface area contributed by atoms with Gasteiger partial charge in [0.15, 0.2) is 0 Å². The van der Waals surface area contributed by atoms with E-state index in [9.17, 15) is 9.59 Å². The Labute approximate surface area is 124 Å². The summed E-state index contributed by atoms with van der Waals surface area (Å²) in [5.41, 5.74) is 1.78. The molecule has 1 heterocycles. The number of aliphatic hydroxyl groups excluding tert-OH is 1. The number of carbonyl (C=O) groups excluding carboxylic acids is 2. The summed E-state index contributed by atoms with van der Waals surface area (Å²) in [5, 5.41) is 8.85. The van der Waals surface area contributed by atoms with Crippen LogP contribution in [0.1, 0.15) is 37.8 Å². The van der Waals surface area contributed by atoms with Crippen LogP contribution in [0.3, 0.4) is 0 Å². The van der Waals surface area contributed by atoms with Gasteiger partial charge in [-0.15, -0.1) is 0 Å². The standard InChI is InChI=1S/C17H19NO3/c1-12-6-7-14(13(9-12)5-4-8-19)18-15(20)10-17(2,3)11-16(18)21/h6-7,9,19H,8,10-11H2,1-3H3. The molecule has 0 radical (unpaired) electrons. The maximum Gasteiger partial charge on any atom is 0.234 e. The molecule has 4 nitrogen and oxygen atoms in total. The Morgan fingerprint density at radius 2 is 1.86 bits per heavy atom. The molecule has 1 aliphatic rings. The zero-order valence-electron chi connectivity index (χ0n) is 12.6. The summed E-state index contributed by atoms with van der Waals surface area (Å²) in [6.07, 6.45) is 0.666. The molecule has 0 saturated carbocycles. The van der Waals surface area contributed by atoms with Gasteiger partial charge >= 0.3 is 0 Å². The number of carbonyl (C=O) groups is 2. The van der Waals surface area contributed by atoms with Gasteiger partial charge in [-0.1, -0.05) is 31.8 Å². The minimum Gasteiger partial charge on any atom is -0.384 e. The number of piperidine rings is 1. The van der Waals surface area contributed by atoms with Gasteiger partial charge in [0.2, 0.25) is 11.8 Å². The Hall–Kier alpha value is -2.12. The molecule has 1 saturated heterocycles. The predicted molar refractivity (Wildman–Crippen MR) is 80.7 cm³/mol. The van der Waals surface area contributed by atoms with Gasteiger partial charge in [0.05, 0.1) is 5.69 Å². The first kappa shape index (κ1) is 15.3. The van der Waals surface area contributed by atoms with Crippen LogP contribution < -0.4 is 4.90 Å². The second-order valence-electron chi connectivity index (χ2n) is 6.12. The molecule has 1 aromatic rings. The van der Waals surface area contributed by atoms with Gasteiger partial charge < -0.3 is 5.11 Å². The summed E-state index contributed by atoms with van der Waals surface area (Å²) in [6.45, 7) is 5.49. The molecule has 1 aliphatic heterocycles. The van der Waals surface area contributed by atoms with Crippen LogP contribution in [-0.2, 0) is 9.59 Å². The van der Waals surface area contributed by atoms with Crippen LogP contribution in [0, 0.1) is 24.2 Å². The smallest absolute Gasteiger partial charge is 0.234 e. The van der Waals surface area contributed by atoms with E-state index in [2.05, 4.69) is 11.8 Å². The Kier molecular flexibility index (Phi) is 4.15. The lowest BCUT2D eigenvalue weighted by Crippen LogP contribution is -2.46. The van der Waals surface area contributed by atoms with Crippen molar-refractivity contribution in [2.75, 3.05) is 11.5 Å². The fourth-order valence-electron chi connectivity index (χ4n) is 2.53. The van der Waals surface area contributed by atoms with Crippen molar-refractivity contribution >= 4 is 17.5 Å². The molecule has 0 unspecified atom stereocenters. The van der Waals surface area contributed by atoms with Crippen molar-refractivity contribution in [3.05, 3.63) is 29.3 Å². The van der Waals surface area contributed by atoms with Crippen LogP contribution >= 0.6 is 0 Å². The van der Waals surface area contributed by atoms with Crippen LogP contribution in [0.5, 0.6) is 0 Å². The van der Waals surface area contributed by atoms with Crippen LogP contribution in [0.2, 0.25) is 0 Å². The molecule has 0 bridgehead atoms. The molecule has 4 heteroatoms. The van der Waals surface area contributed by atoms with E-state index in [0.29, 0.717) is 24.1 Å². The van der Waals surface area contributed by atoms with Crippen molar-refractivity contribution in [2.45, 2.75) is 33.6 Å². The third kappa shape index (κ3) is 3.32. The molecule has 110 valence electrons. The number of aliphatic hydroxyl groups is 1. The lowest BCUT2D eigenvalue weighted by Gasteiger charge is -2.35. The first-order chi connectivity index (χ1) is 9.84. The Bertz CT molecular complexity index is 630. The van der Waals surface area contributed by atoms with Gasteiger partial charge in [-0.3, -0.25) is 9.59 Å². The number of hydrogen-bond donors (Lipinski definition) is 1. The van der Waals surface area contributed by atoms with Gasteiger partial charge in [0.1, 0.15) is 6.61 Å². The van der Waals surface area contributed by atoms with Crippen molar-refractivity contribution in [1.29, 1.82) is 0 Å². The number of amides is 2. The lowest BCUT2D eigenvalue weighted by molar-refractivity contribution is -0.132. The molecule has 2 amide bonds. The second-order valence-corrected chi connectivity index (χ2v) is 6.12. The van der Waals surface area contributed by atoms with E-state index in [4.69, 9.17) is 5.11 Å². The Morgan fingerprint density at radius 3 is 2.43 bits per heavy atom. The van der Waals surface area contributed by atoms with Crippen LogP contribution in [-0.4, -0.2) is 23.5 Å². The molecule has 1 N–H and O–H groups in total. The number of aryl methyl sites for hydroxylation is 1. The number of anilines is 1. The summed E-state index contributed by atoms with van der Waals surface area (Å²) in [4.78, 5) is 25.9. The molecule has 1 fully saturated rings. The highest BCUT2D eigenvalue weighted by Crippen LogP contribution is 2.35. The zero-order chi connectivity index (χ0) is 15.6. The van der Waals surface area contributed by atoms with Crippen molar-refractivity contribution < 1.29 is 14.7 Å². The van der Waals surface area contributed by atoms with E-state index in [1.807, 2.05) is 32.9 Å². The van der Waals surface area contributed by atoms with E-state index < -0.39 is 0 Å². The first-order valence-electron chi connectivity index (χ1n) is 6.90. The molecule has 1 aromatic carbocycles. The number of nitrogens with zero attached hydrogens (tertiary/aromatic N) is 1. The highest BCUT2D eigenvalue weighted by atomic mass is 16.2. The molecular weight excluding hydrogens is 266 g/mol. The zero-order valence-corrected chi connectivity index (χ0v) is 12.6. The minimum atomic E-state index is -0.299. The number of rotatable bonds is 1. The topological polar surface area (TPSA) is 57.6 Å². The van der Waals surface area contributed by atoms with E-state index in [1.54, 1.807) is 6.07 Å². The fraction of sp³-hybridized carbons (Fsp3) is 0.412. The quantitative estimate of drug-likeness (QED) is 0.634. The summed E-state index contributed by atoms with van der Waals surface area (Å²) >= 11 is 0. The largest absolute Gasteiger partial charge is 0.384 e. The summed E-state index contributed by atoms with van der Waals surface area (Å²) < 4.78 is 0. The molecule has 0 spiro atoms. The van der Waals surface area contributed by atoms with Crippen molar-refractivity contribution in [2.24, 2.45) is 5.41 Å². The van der Waals surface area contributed by atoms with E-state index in [0.717, 1.165) is 5.56 Å². The third-order valence-electron chi connectivity index (χ3n) is 3.45. The van der Waals surface area contributed by atoms with Crippen molar-refractivity contribution in [1.82, 2.24) is 0 Å². The van der Waals surface area contributed by atoms with E-state index in [-0.39, 0.29) is 23.8 Å². The van der Waals surface area contributed by atoms with E-state index >= 15 is 0 Å².